The molecular formula is C8H6INO3. The number of carbonyl (C=O) groups is 1. The number of hydrogen-bond donors (Lipinski definition) is 0. The topological polar surface area (TPSA) is 60.2 Å². The molecule has 0 bridgehead atoms. The van der Waals surface area contributed by atoms with Crippen LogP contribution in [0.15, 0.2) is 18.2 Å². The molecule has 1 aromatic carbocycles. The first-order valence-electron chi connectivity index (χ1n) is 3.48. The maximum Gasteiger partial charge on any atom is 0.281 e. The van der Waals surface area contributed by atoms with Crippen LogP contribution < -0.4 is 0 Å². The van der Waals surface area contributed by atoms with Crippen LogP contribution in [0, 0.1) is 13.7 Å². The molecule has 0 radical (unpaired) electrons. The molecule has 0 spiro atoms. The van der Waals surface area contributed by atoms with Gasteiger partial charge in [0.1, 0.15) is 5.56 Å². The smallest absolute Gasteiger partial charge is 0.281 e. The summed E-state index contributed by atoms with van der Waals surface area (Å²) < 4.78 is 0.610. The molecule has 0 fully saturated rings. The highest BCUT2D eigenvalue weighted by Gasteiger charge is 2.19. The van der Waals surface area contributed by atoms with E-state index in [9.17, 15) is 14.9 Å². The largest absolute Gasteiger partial charge is 0.294 e. The lowest BCUT2D eigenvalue weighted by Crippen LogP contribution is -2.02. The second-order valence-corrected chi connectivity index (χ2v) is 3.61. The molecule has 68 valence electrons. The van der Waals surface area contributed by atoms with Crippen LogP contribution in [-0.4, -0.2) is 10.7 Å². The Morgan fingerprint density at radius 3 is 2.54 bits per heavy atom. The second kappa shape index (κ2) is 3.82. The molecule has 0 aliphatic carbocycles. The number of hydrogen-bond acceptors (Lipinski definition) is 3. The van der Waals surface area contributed by atoms with Crippen molar-refractivity contribution in [1.29, 1.82) is 0 Å². The second-order valence-electron chi connectivity index (χ2n) is 2.45. The highest BCUT2D eigenvalue weighted by molar-refractivity contribution is 14.1. The van der Waals surface area contributed by atoms with Crippen LogP contribution >= 0.6 is 22.6 Å². The molecule has 4 nitrogen and oxygen atoms in total. The first-order valence-corrected chi connectivity index (χ1v) is 4.55. The SMILES string of the molecule is CC(=O)c1c(I)cccc1[N+](=O)[O-]. The van der Waals surface area contributed by atoms with Crippen molar-refractivity contribution in [2.45, 2.75) is 6.92 Å². The van der Waals surface area contributed by atoms with E-state index < -0.39 is 4.92 Å². The van der Waals surface area contributed by atoms with Crippen LogP contribution in [-0.2, 0) is 0 Å². The lowest BCUT2D eigenvalue weighted by Gasteiger charge is -2.00. The summed E-state index contributed by atoms with van der Waals surface area (Å²) in [7, 11) is 0. The summed E-state index contributed by atoms with van der Waals surface area (Å²) in [6, 6.07) is 4.57. The van der Waals surface area contributed by atoms with E-state index in [2.05, 4.69) is 0 Å². The van der Waals surface area contributed by atoms with Crippen molar-refractivity contribution >= 4 is 34.1 Å². The van der Waals surface area contributed by atoms with E-state index in [0.717, 1.165) is 0 Å². The van der Waals surface area contributed by atoms with Gasteiger partial charge in [-0.3, -0.25) is 14.9 Å². The van der Waals surface area contributed by atoms with Gasteiger partial charge < -0.3 is 0 Å². The molecule has 0 amide bonds. The highest BCUT2D eigenvalue weighted by atomic mass is 127. The summed E-state index contributed by atoms with van der Waals surface area (Å²) in [5.41, 5.74) is 0.0625. The molecule has 5 heteroatoms. The van der Waals surface area contributed by atoms with Crippen LogP contribution in [0.5, 0.6) is 0 Å². The number of rotatable bonds is 2. The normalized spacial score (nSPS) is 9.69. The molecule has 0 N–H and O–H groups in total. The maximum absolute atomic E-state index is 11.1. The minimum Gasteiger partial charge on any atom is -0.294 e. The van der Waals surface area contributed by atoms with Crippen molar-refractivity contribution in [3.8, 4) is 0 Å². The third-order valence-corrected chi connectivity index (χ3v) is 2.44. The van der Waals surface area contributed by atoms with Gasteiger partial charge in [0.15, 0.2) is 5.78 Å². The molecule has 0 atom stereocenters. The minimum absolute atomic E-state index is 0.126. The van der Waals surface area contributed by atoms with Crippen molar-refractivity contribution < 1.29 is 9.72 Å². The first kappa shape index (κ1) is 10.1. The molecule has 0 heterocycles. The Hall–Kier alpha value is -0.980. The Balaban J connectivity index is 3.43. The van der Waals surface area contributed by atoms with Gasteiger partial charge in [0.05, 0.1) is 4.92 Å². The zero-order valence-electron chi connectivity index (χ0n) is 6.78. The van der Waals surface area contributed by atoms with Gasteiger partial charge in [0.25, 0.3) is 5.69 Å². The summed E-state index contributed by atoms with van der Waals surface area (Å²) >= 11 is 1.91. The number of nitro groups is 1. The van der Waals surface area contributed by atoms with Crippen LogP contribution in [0.3, 0.4) is 0 Å². The number of Topliss-reactive ketones (excluding diaryl/α,β-unsaturated/α-hetero) is 1. The lowest BCUT2D eigenvalue weighted by molar-refractivity contribution is -0.385. The summed E-state index contributed by atoms with van der Waals surface area (Å²) in [5, 5.41) is 10.5. The van der Waals surface area contributed by atoms with E-state index in [1.54, 1.807) is 12.1 Å². The van der Waals surface area contributed by atoms with Gasteiger partial charge in [-0.05, 0) is 35.6 Å². The maximum atomic E-state index is 11.1. The monoisotopic (exact) mass is 291 g/mol. The predicted octanol–water partition coefficient (Wildman–Crippen LogP) is 2.40. The molecule has 0 saturated heterocycles. The standard InChI is InChI=1S/C8H6INO3/c1-5(11)8-6(9)3-2-4-7(8)10(12)13/h2-4H,1H3. The van der Waals surface area contributed by atoms with Crippen LogP contribution in [0.2, 0.25) is 0 Å². The summed E-state index contributed by atoms with van der Waals surface area (Å²) in [6.45, 7) is 1.32. The number of carbonyl (C=O) groups excluding carboxylic acids is 1. The fraction of sp³-hybridized carbons (Fsp3) is 0.125. The van der Waals surface area contributed by atoms with Crippen LogP contribution in [0.25, 0.3) is 0 Å². The van der Waals surface area contributed by atoms with Gasteiger partial charge in [-0.15, -0.1) is 0 Å². The Labute approximate surface area is 88.2 Å². The molecule has 0 saturated carbocycles. The highest BCUT2D eigenvalue weighted by Crippen LogP contribution is 2.23. The molecule has 0 aliphatic rings. The van der Waals surface area contributed by atoms with Crippen molar-refractivity contribution in [3.63, 3.8) is 0 Å². The van der Waals surface area contributed by atoms with Gasteiger partial charge >= 0.3 is 0 Å². The Bertz CT molecular complexity index is 376. The van der Waals surface area contributed by atoms with Crippen molar-refractivity contribution in [2.75, 3.05) is 0 Å². The molecule has 0 aliphatic heterocycles. The third kappa shape index (κ3) is 2.03. The van der Waals surface area contributed by atoms with Crippen LogP contribution in [0.1, 0.15) is 17.3 Å². The van der Waals surface area contributed by atoms with E-state index in [4.69, 9.17) is 0 Å². The molecule has 13 heavy (non-hydrogen) atoms. The fourth-order valence-corrected chi connectivity index (χ4v) is 1.88. The number of ketones is 1. The van der Waals surface area contributed by atoms with Gasteiger partial charge in [-0.1, -0.05) is 6.07 Å². The van der Waals surface area contributed by atoms with Gasteiger partial charge in [0, 0.05) is 9.64 Å². The van der Waals surface area contributed by atoms with Gasteiger partial charge in [0.2, 0.25) is 0 Å². The summed E-state index contributed by atoms with van der Waals surface area (Å²) in [6.07, 6.45) is 0. The first-order chi connectivity index (χ1) is 6.04. The Morgan fingerprint density at radius 2 is 2.15 bits per heavy atom. The van der Waals surface area contributed by atoms with Crippen molar-refractivity contribution in [2.24, 2.45) is 0 Å². The van der Waals surface area contributed by atoms with Crippen LogP contribution in [0.4, 0.5) is 5.69 Å². The number of benzene rings is 1. The van der Waals surface area contributed by atoms with Crippen molar-refractivity contribution in [3.05, 3.63) is 37.4 Å². The molecule has 0 aromatic heterocycles. The lowest BCUT2D eigenvalue weighted by atomic mass is 10.1. The average Bonchev–Trinajstić information content (AvgIpc) is 2.02. The molecule has 1 rings (SSSR count). The van der Waals surface area contributed by atoms with E-state index in [-0.39, 0.29) is 17.0 Å². The average molecular weight is 291 g/mol. The number of nitro benzene ring substituents is 1. The molecule has 0 unspecified atom stereocenters. The molecule has 1 aromatic rings. The zero-order valence-corrected chi connectivity index (χ0v) is 8.94. The van der Waals surface area contributed by atoms with E-state index >= 15 is 0 Å². The number of halogens is 1. The minimum atomic E-state index is -0.543. The Morgan fingerprint density at radius 1 is 1.54 bits per heavy atom. The van der Waals surface area contributed by atoms with Gasteiger partial charge in [-0.25, -0.2) is 0 Å². The molecular weight excluding hydrogens is 285 g/mol. The van der Waals surface area contributed by atoms with Gasteiger partial charge in [-0.2, -0.15) is 0 Å². The van der Waals surface area contributed by atoms with Crippen molar-refractivity contribution in [1.82, 2.24) is 0 Å². The van der Waals surface area contributed by atoms with E-state index in [1.165, 1.54) is 13.0 Å². The number of nitrogens with zero attached hydrogens (tertiary/aromatic N) is 1. The summed E-state index contributed by atoms with van der Waals surface area (Å²) in [4.78, 5) is 21.1. The fourth-order valence-electron chi connectivity index (χ4n) is 1.01. The third-order valence-electron chi connectivity index (χ3n) is 1.54. The Kier molecular flexibility index (Phi) is 2.97. The summed E-state index contributed by atoms with van der Waals surface area (Å²) in [5.74, 6) is -0.281. The zero-order chi connectivity index (χ0) is 10.0. The predicted molar refractivity (Wildman–Crippen MR) is 55.8 cm³/mol. The van der Waals surface area contributed by atoms with E-state index in [0.29, 0.717) is 3.57 Å². The quantitative estimate of drug-likeness (QED) is 0.364. The van der Waals surface area contributed by atoms with E-state index in [1.807, 2.05) is 22.6 Å².